The van der Waals surface area contributed by atoms with E-state index in [2.05, 4.69) is 26.2 Å². The second kappa shape index (κ2) is 10.7. The number of carbonyl (C=O) groups excluding carboxylic acids is 1. The van der Waals surface area contributed by atoms with Gasteiger partial charge in [-0.3, -0.25) is 14.2 Å². The third kappa shape index (κ3) is 6.37. The topological polar surface area (TPSA) is 124 Å². The van der Waals surface area contributed by atoms with Gasteiger partial charge in [0.25, 0.3) is 5.56 Å². The molecule has 4 aromatic rings. The van der Waals surface area contributed by atoms with Gasteiger partial charge in [-0.2, -0.15) is 0 Å². The monoisotopic (exact) mass is 572 g/mol. The fourth-order valence-corrected chi connectivity index (χ4v) is 5.01. The second-order valence-corrected chi connectivity index (χ2v) is 11.1. The summed E-state index contributed by atoms with van der Waals surface area (Å²) < 4.78 is 25.4. The molecule has 0 saturated carbocycles. The van der Waals surface area contributed by atoms with Crippen LogP contribution in [0.2, 0.25) is 0 Å². The summed E-state index contributed by atoms with van der Waals surface area (Å²) in [5.74, 6) is -0.144. The Hall–Kier alpha value is -2.99. The number of nitrogens with one attached hydrogen (secondary N) is 1. The minimum absolute atomic E-state index is 0.0267. The molecule has 1 heterocycles. The van der Waals surface area contributed by atoms with E-state index in [1.165, 1.54) is 23.9 Å². The first-order valence-corrected chi connectivity index (χ1v) is 13.8. The van der Waals surface area contributed by atoms with Crippen LogP contribution in [-0.4, -0.2) is 29.6 Å². The fourth-order valence-electron chi connectivity index (χ4n) is 3.40. The molecule has 3 aromatic carbocycles. The summed E-state index contributed by atoms with van der Waals surface area (Å²) in [6.45, 7) is 0.308. The maximum atomic E-state index is 13.2. The number of amides is 1. The number of benzene rings is 3. The Bertz CT molecular complexity index is 1540. The zero-order chi connectivity index (χ0) is 25.0. The average molecular weight is 573 g/mol. The number of anilines is 1. The van der Waals surface area contributed by atoms with E-state index in [1.807, 2.05) is 12.1 Å². The van der Waals surface area contributed by atoms with Crippen molar-refractivity contribution < 1.29 is 13.2 Å². The maximum Gasteiger partial charge on any atom is 0.262 e. The number of rotatable bonds is 8. The molecule has 8 nitrogen and oxygen atoms in total. The second-order valence-electron chi connectivity index (χ2n) is 7.65. The predicted octanol–water partition coefficient (Wildman–Crippen LogP) is 3.78. The highest BCUT2D eigenvalue weighted by Gasteiger charge is 2.14. The molecule has 0 bridgehead atoms. The van der Waals surface area contributed by atoms with Gasteiger partial charge in [-0.05, 0) is 60.5 Å². The van der Waals surface area contributed by atoms with Crippen LogP contribution in [-0.2, 0) is 27.8 Å². The Balaban J connectivity index is 1.54. The lowest BCUT2D eigenvalue weighted by Gasteiger charge is -2.13. The van der Waals surface area contributed by atoms with E-state index in [-0.39, 0.29) is 22.1 Å². The van der Waals surface area contributed by atoms with Crippen LogP contribution in [0.4, 0.5) is 5.69 Å². The van der Waals surface area contributed by atoms with Gasteiger partial charge in [0.05, 0.1) is 21.6 Å². The number of hydrogen-bond acceptors (Lipinski definition) is 6. The summed E-state index contributed by atoms with van der Waals surface area (Å²) in [6.07, 6.45) is 0.462. The van der Waals surface area contributed by atoms with Crippen molar-refractivity contribution in [3.8, 4) is 0 Å². The third-order valence-electron chi connectivity index (χ3n) is 5.16. The molecule has 11 heteroatoms. The zero-order valence-corrected chi connectivity index (χ0v) is 21.6. The first kappa shape index (κ1) is 25.1. The molecular weight excluding hydrogens is 552 g/mol. The molecule has 1 aromatic heterocycles. The van der Waals surface area contributed by atoms with Crippen molar-refractivity contribution in [3.05, 3.63) is 93.2 Å². The van der Waals surface area contributed by atoms with Crippen LogP contribution in [0.5, 0.6) is 0 Å². The Morgan fingerprint density at radius 2 is 1.71 bits per heavy atom. The molecule has 0 fully saturated rings. The van der Waals surface area contributed by atoms with Crippen LogP contribution in [0.1, 0.15) is 5.56 Å². The van der Waals surface area contributed by atoms with Crippen molar-refractivity contribution in [2.45, 2.75) is 23.0 Å². The maximum absolute atomic E-state index is 13.2. The van der Waals surface area contributed by atoms with Crippen molar-refractivity contribution in [2.75, 3.05) is 11.1 Å². The van der Waals surface area contributed by atoms with Crippen LogP contribution >= 0.6 is 27.7 Å². The lowest BCUT2D eigenvalue weighted by Crippen LogP contribution is -2.25. The number of primary sulfonamides is 1. The molecule has 0 unspecified atom stereocenters. The van der Waals surface area contributed by atoms with E-state index >= 15 is 0 Å². The number of carbonyl (C=O) groups is 1. The standard InChI is InChI=1S/C24H21BrN4O4S2/c25-17-7-9-18(10-8-17)27-22(30)15-34-24-28-21-4-2-1-3-20(21)23(31)29(24)14-13-16-5-11-19(12-6-16)35(26,32)33/h1-12H,13-15H2,(H,27,30)(H2,26,32,33). The Labute approximate surface area is 214 Å². The van der Waals surface area contributed by atoms with Crippen LogP contribution in [0, 0.1) is 0 Å². The normalized spacial score (nSPS) is 11.5. The van der Waals surface area contributed by atoms with E-state index < -0.39 is 10.0 Å². The first-order valence-electron chi connectivity index (χ1n) is 10.5. The minimum Gasteiger partial charge on any atom is -0.325 e. The quantitative estimate of drug-likeness (QED) is 0.244. The van der Waals surface area contributed by atoms with Crippen molar-refractivity contribution in [1.82, 2.24) is 9.55 Å². The van der Waals surface area contributed by atoms with Gasteiger partial charge in [-0.1, -0.05) is 52.0 Å². The number of aromatic nitrogens is 2. The highest BCUT2D eigenvalue weighted by molar-refractivity contribution is 9.10. The van der Waals surface area contributed by atoms with Crippen molar-refractivity contribution in [1.29, 1.82) is 0 Å². The van der Waals surface area contributed by atoms with Gasteiger partial charge in [0.15, 0.2) is 5.16 Å². The molecule has 0 saturated heterocycles. The number of para-hydroxylation sites is 1. The predicted molar refractivity (Wildman–Crippen MR) is 141 cm³/mol. The highest BCUT2D eigenvalue weighted by Crippen LogP contribution is 2.20. The molecule has 180 valence electrons. The lowest BCUT2D eigenvalue weighted by molar-refractivity contribution is -0.113. The Morgan fingerprint density at radius 3 is 2.40 bits per heavy atom. The molecular formula is C24H21BrN4O4S2. The molecule has 4 rings (SSSR count). The van der Waals surface area contributed by atoms with E-state index in [1.54, 1.807) is 53.1 Å². The van der Waals surface area contributed by atoms with Crippen LogP contribution < -0.4 is 16.0 Å². The summed E-state index contributed by atoms with van der Waals surface area (Å²) in [4.78, 5) is 30.4. The van der Waals surface area contributed by atoms with Gasteiger partial charge in [0, 0.05) is 16.7 Å². The summed E-state index contributed by atoms with van der Waals surface area (Å²) in [6, 6.07) is 20.5. The average Bonchev–Trinajstić information content (AvgIpc) is 2.83. The SMILES string of the molecule is NS(=O)(=O)c1ccc(CCn2c(SCC(=O)Nc3ccc(Br)cc3)nc3ccccc3c2=O)cc1. The van der Waals surface area contributed by atoms with Gasteiger partial charge in [0.2, 0.25) is 15.9 Å². The molecule has 0 aliphatic heterocycles. The largest absolute Gasteiger partial charge is 0.325 e. The molecule has 0 radical (unpaired) electrons. The molecule has 0 aliphatic rings. The van der Waals surface area contributed by atoms with E-state index in [9.17, 15) is 18.0 Å². The van der Waals surface area contributed by atoms with Gasteiger partial charge in [-0.25, -0.2) is 18.5 Å². The Morgan fingerprint density at radius 1 is 1.03 bits per heavy atom. The number of hydrogen-bond donors (Lipinski definition) is 2. The molecule has 35 heavy (non-hydrogen) atoms. The molecule has 0 aliphatic carbocycles. The number of sulfonamides is 1. The minimum atomic E-state index is -3.77. The van der Waals surface area contributed by atoms with Gasteiger partial charge < -0.3 is 5.32 Å². The smallest absolute Gasteiger partial charge is 0.262 e. The summed E-state index contributed by atoms with van der Waals surface area (Å²) in [5.41, 5.74) is 1.86. The number of nitrogens with two attached hydrogens (primary N) is 1. The van der Waals surface area contributed by atoms with Crippen molar-refractivity contribution in [3.63, 3.8) is 0 Å². The van der Waals surface area contributed by atoms with Crippen LogP contribution in [0.25, 0.3) is 10.9 Å². The summed E-state index contributed by atoms with van der Waals surface area (Å²) >= 11 is 4.54. The van der Waals surface area contributed by atoms with Crippen molar-refractivity contribution >= 4 is 60.2 Å². The number of thioether (sulfide) groups is 1. The van der Waals surface area contributed by atoms with Crippen molar-refractivity contribution in [2.24, 2.45) is 5.14 Å². The lowest BCUT2D eigenvalue weighted by atomic mass is 10.1. The van der Waals surface area contributed by atoms with Crippen LogP contribution in [0.15, 0.2) is 92.1 Å². The van der Waals surface area contributed by atoms with Gasteiger partial charge >= 0.3 is 0 Å². The van der Waals surface area contributed by atoms with Crippen LogP contribution in [0.3, 0.4) is 0 Å². The zero-order valence-electron chi connectivity index (χ0n) is 18.3. The molecule has 3 N–H and O–H groups in total. The fraction of sp³-hybridized carbons (Fsp3) is 0.125. The van der Waals surface area contributed by atoms with Gasteiger partial charge in [0.1, 0.15) is 0 Å². The number of halogens is 1. The molecule has 0 spiro atoms. The van der Waals surface area contributed by atoms with E-state index in [4.69, 9.17) is 5.14 Å². The molecule has 0 atom stereocenters. The highest BCUT2D eigenvalue weighted by atomic mass is 79.9. The van der Waals surface area contributed by atoms with E-state index in [0.717, 1.165) is 10.0 Å². The first-order chi connectivity index (χ1) is 16.7. The summed E-state index contributed by atoms with van der Waals surface area (Å²) in [5, 5.41) is 8.91. The Kier molecular flexibility index (Phi) is 7.70. The third-order valence-corrected chi connectivity index (χ3v) is 7.60. The number of aryl methyl sites for hydroxylation is 1. The number of nitrogens with zero attached hydrogens (tertiary/aromatic N) is 2. The van der Waals surface area contributed by atoms with Gasteiger partial charge in [-0.15, -0.1) is 0 Å². The van der Waals surface area contributed by atoms with E-state index in [0.29, 0.717) is 34.7 Å². The molecule has 1 amide bonds. The number of fused-ring (bicyclic) bond motifs is 1. The summed E-state index contributed by atoms with van der Waals surface area (Å²) in [7, 11) is -3.77.